The van der Waals surface area contributed by atoms with E-state index in [0.717, 1.165) is 35.2 Å². The number of unbranched alkanes of at least 4 members (excludes halogenated alkanes) is 1. The number of rotatable bonds is 9. The number of carboxylic acids is 1. The van der Waals surface area contributed by atoms with Crippen LogP contribution in [-0.4, -0.2) is 27.1 Å². The number of aromatic nitrogens is 2. The van der Waals surface area contributed by atoms with E-state index in [1.165, 1.54) is 0 Å². The highest BCUT2D eigenvalue weighted by atomic mass is 16.5. The van der Waals surface area contributed by atoms with E-state index in [2.05, 4.69) is 9.97 Å². The van der Waals surface area contributed by atoms with E-state index in [0.29, 0.717) is 12.4 Å². The summed E-state index contributed by atoms with van der Waals surface area (Å²) in [4.78, 5) is 19.7. The Morgan fingerprint density at radius 2 is 1.64 bits per heavy atom. The third kappa shape index (κ3) is 5.39. The smallest absolute Gasteiger partial charge is 0.317 e. The largest absolute Gasteiger partial charge is 0.481 e. The van der Waals surface area contributed by atoms with Crippen molar-refractivity contribution in [2.45, 2.75) is 38.7 Å². The van der Waals surface area contributed by atoms with Crippen molar-refractivity contribution in [3.05, 3.63) is 66.9 Å². The molecule has 3 rings (SSSR count). The highest BCUT2D eigenvalue weighted by Crippen LogP contribution is 2.31. The topological polar surface area (TPSA) is 72.3 Å². The highest BCUT2D eigenvalue weighted by molar-refractivity contribution is 5.80. The lowest BCUT2D eigenvalue weighted by Gasteiger charge is -2.15. The van der Waals surface area contributed by atoms with Crippen molar-refractivity contribution in [2.24, 2.45) is 0 Å². The average molecular weight is 376 g/mol. The van der Waals surface area contributed by atoms with Crippen molar-refractivity contribution in [1.82, 2.24) is 9.97 Å². The zero-order chi connectivity index (χ0) is 19.8. The Hall–Kier alpha value is -3.21. The number of ether oxygens (including phenoxy) is 1. The molecule has 144 valence electrons. The molecule has 0 aliphatic carbocycles. The van der Waals surface area contributed by atoms with Crippen LogP contribution in [0, 0.1) is 0 Å². The van der Waals surface area contributed by atoms with Gasteiger partial charge in [0.25, 0.3) is 0 Å². The van der Waals surface area contributed by atoms with Gasteiger partial charge in [-0.2, -0.15) is 4.98 Å². The summed E-state index contributed by atoms with van der Waals surface area (Å²) in [6.45, 7) is 1.96. The van der Waals surface area contributed by atoms with E-state index in [-0.39, 0.29) is 12.5 Å². The highest BCUT2D eigenvalue weighted by Gasteiger charge is 2.14. The molecule has 0 aliphatic heterocycles. The lowest BCUT2D eigenvalue weighted by molar-refractivity contribution is -0.137. The molecule has 0 aliphatic rings. The molecule has 5 heteroatoms. The number of aliphatic carboxylic acids is 1. The Kier molecular flexibility index (Phi) is 6.73. The van der Waals surface area contributed by atoms with Crippen LogP contribution >= 0.6 is 0 Å². The van der Waals surface area contributed by atoms with Gasteiger partial charge in [-0.1, -0.05) is 60.7 Å². The Balaban J connectivity index is 1.79. The van der Waals surface area contributed by atoms with Crippen LogP contribution in [0.1, 0.15) is 32.6 Å². The molecule has 0 fully saturated rings. The van der Waals surface area contributed by atoms with Crippen molar-refractivity contribution < 1.29 is 14.6 Å². The molecular formula is C23H24N2O3. The third-order valence-corrected chi connectivity index (χ3v) is 4.46. The van der Waals surface area contributed by atoms with Gasteiger partial charge in [-0.15, -0.1) is 0 Å². The number of benzene rings is 2. The fourth-order valence-electron chi connectivity index (χ4n) is 3.01. The minimum atomic E-state index is -0.763. The van der Waals surface area contributed by atoms with Crippen LogP contribution < -0.4 is 4.74 Å². The Morgan fingerprint density at radius 3 is 2.29 bits per heavy atom. The van der Waals surface area contributed by atoms with Gasteiger partial charge in [0.15, 0.2) is 0 Å². The van der Waals surface area contributed by atoms with Crippen molar-refractivity contribution in [2.75, 3.05) is 0 Å². The average Bonchev–Trinajstić information content (AvgIpc) is 2.72. The summed E-state index contributed by atoms with van der Waals surface area (Å²) >= 11 is 0. The first-order valence-electron chi connectivity index (χ1n) is 9.50. The lowest BCUT2D eigenvalue weighted by atomic mass is 10.0. The first-order chi connectivity index (χ1) is 13.6. The Bertz CT molecular complexity index is 898. The molecule has 1 N–H and O–H groups in total. The summed E-state index contributed by atoms with van der Waals surface area (Å²) in [5, 5.41) is 8.72. The van der Waals surface area contributed by atoms with Crippen LogP contribution in [0.15, 0.2) is 66.9 Å². The second-order valence-electron chi connectivity index (χ2n) is 6.71. The number of hydrogen-bond acceptors (Lipinski definition) is 4. The molecule has 1 aromatic heterocycles. The van der Waals surface area contributed by atoms with E-state index in [4.69, 9.17) is 9.84 Å². The quantitative estimate of drug-likeness (QED) is 0.518. The summed E-state index contributed by atoms with van der Waals surface area (Å²) in [5.41, 5.74) is 3.83. The molecule has 1 heterocycles. The van der Waals surface area contributed by atoms with Gasteiger partial charge in [0.2, 0.25) is 0 Å². The fraction of sp³-hybridized carbons (Fsp3) is 0.261. The SMILES string of the molecule is CC(CCCCC(=O)O)Oc1ncc(-c2ccccc2)c(-c2ccccc2)n1. The van der Waals surface area contributed by atoms with Gasteiger partial charge >= 0.3 is 12.0 Å². The van der Waals surface area contributed by atoms with Crippen LogP contribution in [0.4, 0.5) is 0 Å². The number of carbonyl (C=O) groups is 1. The van der Waals surface area contributed by atoms with E-state index >= 15 is 0 Å². The van der Waals surface area contributed by atoms with Crippen molar-refractivity contribution in [3.8, 4) is 28.4 Å². The predicted molar refractivity (Wildman–Crippen MR) is 109 cm³/mol. The maximum Gasteiger partial charge on any atom is 0.317 e. The molecule has 3 aromatic rings. The Labute approximate surface area is 165 Å². The second kappa shape index (κ2) is 9.65. The zero-order valence-corrected chi connectivity index (χ0v) is 15.9. The fourth-order valence-corrected chi connectivity index (χ4v) is 3.01. The maximum atomic E-state index is 10.6. The van der Waals surface area contributed by atoms with Gasteiger partial charge in [0.05, 0.1) is 11.8 Å². The molecule has 0 saturated carbocycles. The maximum absolute atomic E-state index is 10.6. The summed E-state index contributed by atoms with van der Waals surface area (Å²) < 4.78 is 5.90. The normalized spacial score (nSPS) is 11.8. The van der Waals surface area contributed by atoms with Crippen molar-refractivity contribution >= 4 is 5.97 Å². The first kappa shape index (κ1) is 19.5. The van der Waals surface area contributed by atoms with Crippen LogP contribution in [-0.2, 0) is 4.79 Å². The van der Waals surface area contributed by atoms with Crippen molar-refractivity contribution in [1.29, 1.82) is 0 Å². The molecule has 0 amide bonds. The van der Waals surface area contributed by atoms with Crippen LogP contribution in [0.2, 0.25) is 0 Å². The van der Waals surface area contributed by atoms with Gasteiger partial charge in [0, 0.05) is 23.7 Å². The van der Waals surface area contributed by atoms with E-state index < -0.39 is 5.97 Å². The molecule has 1 unspecified atom stereocenters. The van der Waals surface area contributed by atoms with E-state index in [1.807, 2.05) is 67.6 Å². The number of carboxylic acid groups (broad SMARTS) is 1. The molecule has 0 spiro atoms. The lowest BCUT2D eigenvalue weighted by Crippen LogP contribution is -2.14. The molecule has 0 saturated heterocycles. The molecule has 5 nitrogen and oxygen atoms in total. The summed E-state index contributed by atoms with van der Waals surface area (Å²) in [6.07, 6.45) is 4.11. The van der Waals surface area contributed by atoms with Crippen LogP contribution in [0.25, 0.3) is 22.4 Å². The molecule has 0 bridgehead atoms. The molecule has 28 heavy (non-hydrogen) atoms. The second-order valence-corrected chi connectivity index (χ2v) is 6.71. The van der Waals surface area contributed by atoms with E-state index in [1.54, 1.807) is 6.20 Å². The summed E-state index contributed by atoms with van der Waals surface area (Å²) in [7, 11) is 0. The van der Waals surface area contributed by atoms with Gasteiger partial charge in [-0.25, -0.2) is 4.98 Å². The van der Waals surface area contributed by atoms with Crippen LogP contribution in [0.3, 0.4) is 0 Å². The van der Waals surface area contributed by atoms with E-state index in [9.17, 15) is 4.79 Å². The first-order valence-corrected chi connectivity index (χ1v) is 9.50. The number of nitrogens with zero attached hydrogens (tertiary/aromatic N) is 2. The minimum Gasteiger partial charge on any atom is -0.481 e. The minimum absolute atomic E-state index is 0.0833. The van der Waals surface area contributed by atoms with Gasteiger partial charge in [-0.05, 0) is 31.7 Å². The van der Waals surface area contributed by atoms with Gasteiger partial charge < -0.3 is 9.84 Å². The molecule has 2 aromatic carbocycles. The zero-order valence-electron chi connectivity index (χ0n) is 15.9. The Morgan fingerprint density at radius 1 is 1.00 bits per heavy atom. The molecule has 0 radical (unpaired) electrons. The summed E-state index contributed by atoms with van der Waals surface area (Å²) in [5.74, 6) is -0.763. The van der Waals surface area contributed by atoms with Gasteiger partial charge in [0.1, 0.15) is 0 Å². The van der Waals surface area contributed by atoms with Gasteiger partial charge in [-0.3, -0.25) is 4.79 Å². The van der Waals surface area contributed by atoms with Crippen LogP contribution in [0.5, 0.6) is 6.01 Å². The third-order valence-electron chi connectivity index (χ3n) is 4.46. The standard InChI is InChI=1S/C23H24N2O3/c1-17(10-8-9-15-21(26)27)28-23-24-16-20(18-11-4-2-5-12-18)22(25-23)19-13-6-3-7-14-19/h2-7,11-14,16-17H,8-10,15H2,1H3,(H,26,27). The molecular weight excluding hydrogens is 352 g/mol. The summed E-state index contributed by atoms with van der Waals surface area (Å²) in [6, 6.07) is 20.4. The monoisotopic (exact) mass is 376 g/mol. The number of hydrogen-bond donors (Lipinski definition) is 1. The predicted octanol–water partition coefficient (Wildman–Crippen LogP) is 5.22. The van der Waals surface area contributed by atoms with Crippen molar-refractivity contribution in [3.63, 3.8) is 0 Å². The molecule has 1 atom stereocenters.